The van der Waals surface area contributed by atoms with E-state index >= 15 is 0 Å². The highest BCUT2D eigenvalue weighted by molar-refractivity contribution is 5.17. The zero-order chi connectivity index (χ0) is 11.8. The van der Waals surface area contributed by atoms with Crippen LogP contribution in [0.15, 0.2) is 24.1 Å². The molecule has 0 N–H and O–H groups in total. The first-order valence-electron chi connectivity index (χ1n) is 5.88. The molecule has 0 heterocycles. The van der Waals surface area contributed by atoms with E-state index in [-0.39, 0.29) is 0 Å². The molecule has 0 radical (unpaired) electrons. The number of allylic oxidation sites excluding steroid dienone is 2. The highest BCUT2D eigenvalue weighted by atomic mass is 16.5. The van der Waals surface area contributed by atoms with Crippen molar-refractivity contribution >= 4 is 0 Å². The van der Waals surface area contributed by atoms with Crippen molar-refractivity contribution in [3.05, 3.63) is 24.1 Å². The summed E-state index contributed by atoms with van der Waals surface area (Å²) in [6, 6.07) is 0.745. The van der Waals surface area contributed by atoms with Crippen molar-refractivity contribution in [3.8, 4) is 0 Å². The molecular weight excluding hydrogens is 186 g/mol. The van der Waals surface area contributed by atoms with Crippen LogP contribution in [0.3, 0.4) is 0 Å². The van der Waals surface area contributed by atoms with Gasteiger partial charge in [0.25, 0.3) is 0 Å². The lowest BCUT2D eigenvalue weighted by molar-refractivity contribution is 0.267. The van der Waals surface area contributed by atoms with E-state index in [1.165, 1.54) is 18.5 Å². The predicted octanol–water partition coefficient (Wildman–Crippen LogP) is 3.56. The zero-order valence-corrected chi connectivity index (χ0v) is 10.8. The number of methoxy groups -OCH3 is 1. The van der Waals surface area contributed by atoms with Crippen LogP contribution in [-0.2, 0) is 4.74 Å². The molecule has 2 heteroatoms. The molecular formula is C13H25NO. The van der Waals surface area contributed by atoms with E-state index in [1.54, 1.807) is 13.2 Å². The van der Waals surface area contributed by atoms with Crippen molar-refractivity contribution in [2.45, 2.75) is 46.6 Å². The fourth-order valence-electron chi connectivity index (χ4n) is 1.68. The summed E-state index contributed by atoms with van der Waals surface area (Å²) < 4.78 is 5.24. The van der Waals surface area contributed by atoms with Crippen molar-refractivity contribution in [1.29, 1.82) is 0 Å². The second-order valence-electron chi connectivity index (χ2n) is 3.38. The molecule has 0 amide bonds. The molecule has 1 rings (SSSR count). The summed E-state index contributed by atoms with van der Waals surface area (Å²) in [5.74, 6) is 0.897. The molecule has 2 nitrogen and oxygen atoms in total. The normalized spacial score (nSPS) is 15.8. The van der Waals surface area contributed by atoms with Crippen LogP contribution in [-0.4, -0.2) is 24.6 Å². The Hall–Kier alpha value is -0.920. The molecule has 1 fully saturated rings. The number of rotatable bonds is 5. The average molecular weight is 211 g/mol. The number of hydrogen-bond donors (Lipinski definition) is 0. The van der Waals surface area contributed by atoms with E-state index in [1.807, 2.05) is 13.8 Å². The number of nitrogens with zero attached hydrogens (tertiary/aromatic N) is 1. The van der Waals surface area contributed by atoms with Crippen molar-refractivity contribution < 1.29 is 4.74 Å². The summed E-state index contributed by atoms with van der Waals surface area (Å²) >= 11 is 0. The van der Waals surface area contributed by atoms with Crippen LogP contribution < -0.4 is 0 Å². The first-order chi connectivity index (χ1) is 7.24. The van der Waals surface area contributed by atoms with Crippen LogP contribution >= 0.6 is 0 Å². The molecule has 0 aromatic heterocycles. The minimum absolute atomic E-state index is 0.745. The van der Waals surface area contributed by atoms with Crippen molar-refractivity contribution in [2.24, 2.45) is 0 Å². The van der Waals surface area contributed by atoms with Crippen LogP contribution in [0.1, 0.15) is 40.5 Å². The van der Waals surface area contributed by atoms with Gasteiger partial charge in [-0.25, -0.2) is 0 Å². The van der Waals surface area contributed by atoms with E-state index in [4.69, 9.17) is 4.74 Å². The van der Waals surface area contributed by atoms with Gasteiger partial charge in [-0.1, -0.05) is 20.4 Å². The maximum atomic E-state index is 5.24. The molecule has 0 spiro atoms. The summed E-state index contributed by atoms with van der Waals surface area (Å²) in [6.45, 7) is 13.1. The summed E-state index contributed by atoms with van der Waals surface area (Å²) in [5.41, 5.74) is 1.21. The van der Waals surface area contributed by atoms with Crippen LogP contribution in [0.5, 0.6) is 0 Å². The summed E-state index contributed by atoms with van der Waals surface area (Å²) in [7, 11) is 1.70. The third-order valence-corrected chi connectivity index (χ3v) is 2.52. The fraction of sp³-hybridized carbons (Fsp3) is 0.692. The van der Waals surface area contributed by atoms with E-state index < -0.39 is 0 Å². The fourth-order valence-corrected chi connectivity index (χ4v) is 1.68. The SMILES string of the molecule is C=C/C(OC)=C(\C)N(CC)C1CC1.CC. The summed E-state index contributed by atoms with van der Waals surface area (Å²) in [6.07, 6.45) is 4.42. The van der Waals surface area contributed by atoms with Crippen LogP contribution in [0.2, 0.25) is 0 Å². The Labute approximate surface area is 94.6 Å². The maximum Gasteiger partial charge on any atom is 0.137 e. The third-order valence-electron chi connectivity index (χ3n) is 2.52. The Balaban J connectivity index is 0.000000921. The lowest BCUT2D eigenvalue weighted by Crippen LogP contribution is -2.24. The maximum absolute atomic E-state index is 5.24. The molecule has 0 aromatic rings. The highest BCUT2D eigenvalue weighted by Gasteiger charge is 2.28. The van der Waals surface area contributed by atoms with Crippen LogP contribution in [0, 0.1) is 0 Å². The van der Waals surface area contributed by atoms with E-state index in [9.17, 15) is 0 Å². The molecule has 1 saturated carbocycles. The molecule has 0 atom stereocenters. The Morgan fingerprint density at radius 2 is 2.00 bits per heavy atom. The first kappa shape index (κ1) is 14.1. The second kappa shape index (κ2) is 7.38. The zero-order valence-electron chi connectivity index (χ0n) is 10.8. The monoisotopic (exact) mass is 211 g/mol. The average Bonchev–Trinajstić information content (AvgIpc) is 3.08. The molecule has 0 aromatic carbocycles. The van der Waals surface area contributed by atoms with E-state index in [0.29, 0.717) is 0 Å². The molecule has 1 aliphatic carbocycles. The predicted molar refractivity (Wildman–Crippen MR) is 66.7 cm³/mol. The Kier molecular flexibility index (Phi) is 6.93. The first-order valence-corrected chi connectivity index (χ1v) is 5.88. The van der Waals surface area contributed by atoms with Crippen molar-refractivity contribution in [1.82, 2.24) is 4.90 Å². The molecule has 1 aliphatic rings. The van der Waals surface area contributed by atoms with Gasteiger partial charge in [0.05, 0.1) is 12.8 Å². The summed E-state index contributed by atoms with van der Waals surface area (Å²) in [4.78, 5) is 2.39. The molecule has 0 unspecified atom stereocenters. The van der Waals surface area contributed by atoms with Gasteiger partial charge in [-0.15, -0.1) is 0 Å². The minimum atomic E-state index is 0.745. The highest BCUT2D eigenvalue weighted by Crippen LogP contribution is 2.30. The Bertz CT molecular complexity index is 217. The van der Waals surface area contributed by atoms with E-state index in [0.717, 1.165) is 18.3 Å². The lowest BCUT2D eigenvalue weighted by Gasteiger charge is -2.24. The van der Waals surface area contributed by atoms with Crippen LogP contribution in [0.4, 0.5) is 0 Å². The van der Waals surface area contributed by atoms with Gasteiger partial charge in [-0.3, -0.25) is 0 Å². The molecule has 0 saturated heterocycles. The Morgan fingerprint density at radius 3 is 2.27 bits per heavy atom. The van der Waals surface area contributed by atoms with Gasteiger partial charge >= 0.3 is 0 Å². The summed E-state index contributed by atoms with van der Waals surface area (Å²) in [5, 5.41) is 0. The van der Waals surface area contributed by atoms with Crippen LogP contribution in [0.25, 0.3) is 0 Å². The minimum Gasteiger partial charge on any atom is -0.495 e. The molecule has 0 bridgehead atoms. The van der Waals surface area contributed by atoms with Crippen molar-refractivity contribution in [3.63, 3.8) is 0 Å². The van der Waals surface area contributed by atoms with Gasteiger partial charge in [-0.05, 0) is 32.8 Å². The second-order valence-corrected chi connectivity index (χ2v) is 3.38. The van der Waals surface area contributed by atoms with Crippen molar-refractivity contribution in [2.75, 3.05) is 13.7 Å². The van der Waals surface area contributed by atoms with E-state index in [2.05, 4.69) is 25.3 Å². The quantitative estimate of drug-likeness (QED) is 0.509. The standard InChI is InChI=1S/C11H19NO.C2H6/c1-5-11(13-4)9(3)12(6-2)10-7-8-10;1-2/h5,10H,1,6-8H2,2-4H3;1-2H3/b11-9-;. The van der Waals surface area contributed by atoms with Gasteiger partial charge in [0.2, 0.25) is 0 Å². The third kappa shape index (κ3) is 3.98. The van der Waals surface area contributed by atoms with Gasteiger partial charge in [0.15, 0.2) is 0 Å². The molecule has 15 heavy (non-hydrogen) atoms. The van der Waals surface area contributed by atoms with Gasteiger partial charge in [0, 0.05) is 12.6 Å². The lowest BCUT2D eigenvalue weighted by atomic mass is 10.3. The largest absolute Gasteiger partial charge is 0.495 e. The van der Waals surface area contributed by atoms with Gasteiger partial charge in [0.1, 0.15) is 5.76 Å². The molecule has 0 aliphatic heterocycles. The van der Waals surface area contributed by atoms with Gasteiger partial charge < -0.3 is 9.64 Å². The molecule has 88 valence electrons. The number of ether oxygens (including phenoxy) is 1. The smallest absolute Gasteiger partial charge is 0.137 e. The topological polar surface area (TPSA) is 12.5 Å². The van der Waals surface area contributed by atoms with Gasteiger partial charge in [-0.2, -0.15) is 0 Å². The number of hydrogen-bond acceptors (Lipinski definition) is 2. The Morgan fingerprint density at radius 1 is 1.47 bits per heavy atom.